The van der Waals surface area contributed by atoms with E-state index in [0.29, 0.717) is 10.7 Å². The number of amides is 1. The van der Waals surface area contributed by atoms with Gasteiger partial charge in [-0.05, 0) is 37.6 Å². The maximum atomic E-state index is 12.1. The molecule has 0 aliphatic heterocycles. The number of aryl methyl sites for hydroxylation is 1. The van der Waals surface area contributed by atoms with Crippen LogP contribution in [0.3, 0.4) is 0 Å². The second-order valence-electron chi connectivity index (χ2n) is 4.62. The van der Waals surface area contributed by atoms with Gasteiger partial charge in [-0.1, -0.05) is 17.7 Å². The molecule has 0 saturated carbocycles. The fourth-order valence-electron chi connectivity index (χ4n) is 1.71. The van der Waals surface area contributed by atoms with Crippen LogP contribution in [0.25, 0.3) is 0 Å². The summed E-state index contributed by atoms with van der Waals surface area (Å²) in [5, 5.41) is 15.9. The maximum Gasteiger partial charge on any atom is 0.356 e. The van der Waals surface area contributed by atoms with Gasteiger partial charge in [0.05, 0.1) is 0 Å². The van der Waals surface area contributed by atoms with Crippen LogP contribution in [-0.2, 0) is 4.79 Å². The highest BCUT2D eigenvalue weighted by molar-refractivity contribution is 6.31. The van der Waals surface area contributed by atoms with Crippen LogP contribution in [0.15, 0.2) is 30.5 Å². The first-order valence-electron chi connectivity index (χ1n) is 6.24. The summed E-state index contributed by atoms with van der Waals surface area (Å²) < 4.78 is 1.30. The highest BCUT2D eigenvalue weighted by Gasteiger charge is 2.18. The summed E-state index contributed by atoms with van der Waals surface area (Å²) in [5.41, 5.74) is 1.39. The molecule has 2 rings (SSSR count). The Kier molecular flexibility index (Phi) is 4.28. The van der Waals surface area contributed by atoms with Crippen molar-refractivity contribution >= 4 is 29.2 Å². The number of carbonyl (C=O) groups is 2. The van der Waals surface area contributed by atoms with E-state index in [0.717, 1.165) is 5.56 Å². The molecule has 7 heteroatoms. The number of carboxylic acids is 1. The molecule has 2 aromatic rings. The molecule has 0 bridgehead atoms. The molecule has 1 heterocycles. The predicted octanol–water partition coefficient (Wildman–Crippen LogP) is 2.74. The van der Waals surface area contributed by atoms with Crippen molar-refractivity contribution in [3.8, 4) is 0 Å². The molecule has 0 spiro atoms. The van der Waals surface area contributed by atoms with Gasteiger partial charge < -0.3 is 10.4 Å². The first-order chi connectivity index (χ1) is 9.88. The molecule has 1 atom stereocenters. The Morgan fingerprint density at radius 1 is 1.38 bits per heavy atom. The van der Waals surface area contributed by atoms with Crippen molar-refractivity contribution in [2.45, 2.75) is 19.9 Å². The summed E-state index contributed by atoms with van der Waals surface area (Å²) in [7, 11) is 0. The van der Waals surface area contributed by atoms with E-state index in [1.54, 1.807) is 25.1 Å². The minimum atomic E-state index is -1.13. The van der Waals surface area contributed by atoms with Crippen molar-refractivity contribution in [2.24, 2.45) is 0 Å². The number of carboxylic acid groups (broad SMARTS) is 1. The number of benzene rings is 1. The van der Waals surface area contributed by atoms with Crippen molar-refractivity contribution in [3.63, 3.8) is 0 Å². The number of hydrogen-bond acceptors (Lipinski definition) is 3. The molecule has 0 aliphatic rings. The van der Waals surface area contributed by atoms with Crippen LogP contribution in [0.1, 0.15) is 29.0 Å². The molecule has 2 N–H and O–H groups in total. The Morgan fingerprint density at radius 2 is 2.10 bits per heavy atom. The molecular weight excluding hydrogens is 294 g/mol. The normalized spacial score (nSPS) is 12.0. The molecule has 1 unspecified atom stereocenters. The van der Waals surface area contributed by atoms with Gasteiger partial charge in [-0.2, -0.15) is 5.10 Å². The summed E-state index contributed by atoms with van der Waals surface area (Å²) in [6.07, 6.45) is 1.45. The second-order valence-corrected chi connectivity index (χ2v) is 5.02. The van der Waals surface area contributed by atoms with Crippen molar-refractivity contribution in [1.82, 2.24) is 9.78 Å². The zero-order valence-corrected chi connectivity index (χ0v) is 12.3. The Labute approximate surface area is 126 Å². The number of halogens is 1. The van der Waals surface area contributed by atoms with Crippen molar-refractivity contribution in [1.29, 1.82) is 0 Å². The lowest BCUT2D eigenvalue weighted by molar-refractivity contribution is -0.119. The SMILES string of the molecule is Cc1ccc(NC(=O)C(C)n2ccc(C(=O)O)n2)cc1Cl. The summed E-state index contributed by atoms with van der Waals surface area (Å²) >= 11 is 6.00. The Hall–Kier alpha value is -2.34. The summed E-state index contributed by atoms with van der Waals surface area (Å²) in [6, 6.07) is 5.91. The largest absolute Gasteiger partial charge is 0.476 e. The first-order valence-corrected chi connectivity index (χ1v) is 6.61. The molecular formula is C14H14ClN3O3. The summed E-state index contributed by atoms with van der Waals surface area (Å²) in [4.78, 5) is 22.9. The minimum absolute atomic E-state index is 0.104. The molecule has 1 amide bonds. The monoisotopic (exact) mass is 307 g/mol. The molecule has 1 aromatic carbocycles. The van der Waals surface area contributed by atoms with Gasteiger partial charge >= 0.3 is 5.97 Å². The average molecular weight is 308 g/mol. The second kappa shape index (κ2) is 5.97. The van der Waals surface area contributed by atoms with E-state index in [4.69, 9.17) is 16.7 Å². The lowest BCUT2D eigenvalue weighted by Crippen LogP contribution is -2.24. The number of aromatic nitrogens is 2. The number of anilines is 1. The number of nitrogens with one attached hydrogen (secondary N) is 1. The van der Waals surface area contributed by atoms with Crippen LogP contribution in [0.2, 0.25) is 5.02 Å². The molecule has 110 valence electrons. The topological polar surface area (TPSA) is 84.2 Å². The van der Waals surface area contributed by atoms with Crippen molar-refractivity contribution in [2.75, 3.05) is 5.32 Å². The summed E-state index contributed by atoms with van der Waals surface area (Å²) in [5.74, 6) is -1.44. The summed E-state index contributed by atoms with van der Waals surface area (Å²) in [6.45, 7) is 3.50. The number of rotatable bonds is 4. The molecule has 0 saturated heterocycles. The van der Waals surface area contributed by atoms with E-state index in [9.17, 15) is 9.59 Å². The highest BCUT2D eigenvalue weighted by Crippen LogP contribution is 2.20. The van der Waals surface area contributed by atoms with Crippen LogP contribution in [0, 0.1) is 6.92 Å². The highest BCUT2D eigenvalue weighted by atomic mass is 35.5. The molecule has 0 aliphatic carbocycles. The van der Waals surface area contributed by atoms with E-state index in [1.807, 2.05) is 6.92 Å². The van der Waals surface area contributed by atoms with Gasteiger partial charge in [0.1, 0.15) is 6.04 Å². The molecule has 1 aromatic heterocycles. The molecule has 21 heavy (non-hydrogen) atoms. The van der Waals surface area contributed by atoms with Crippen LogP contribution in [0.5, 0.6) is 0 Å². The van der Waals surface area contributed by atoms with Crippen LogP contribution in [-0.4, -0.2) is 26.8 Å². The van der Waals surface area contributed by atoms with Gasteiger partial charge in [0.2, 0.25) is 5.91 Å². The number of aromatic carboxylic acids is 1. The van der Waals surface area contributed by atoms with Crippen LogP contribution in [0.4, 0.5) is 5.69 Å². The number of nitrogens with zero attached hydrogens (tertiary/aromatic N) is 2. The smallest absolute Gasteiger partial charge is 0.356 e. The van der Waals surface area contributed by atoms with Gasteiger partial charge in [0, 0.05) is 16.9 Å². The van der Waals surface area contributed by atoms with Gasteiger partial charge in [-0.3, -0.25) is 9.48 Å². The van der Waals surface area contributed by atoms with E-state index in [2.05, 4.69) is 10.4 Å². The van der Waals surface area contributed by atoms with Crippen molar-refractivity contribution < 1.29 is 14.7 Å². The fourth-order valence-corrected chi connectivity index (χ4v) is 1.89. The lowest BCUT2D eigenvalue weighted by Gasteiger charge is -2.13. The van der Waals surface area contributed by atoms with E-state index < -0.39 is 12.0 Å². The van der Waals surface area contributed by atoms with E-state index in [1.165, 1.54) is 16.9 Å². The number of carbonyl (C=O) groups excluding carboxylic acids is 1. The first kappa shape index (κ1) is 15.1. The van der Waals surface area contributed by atoms with E-state index >= 15 is 0 Å². The third-order valence-electron chi connectivity index (χ3n) is 3.04. The van der Waals surface area contributed by atoms with Gasteiger partial charge in [0.15, 0.2) is 5.69 Å². The molecule has 6 nitrogen and oxygen atoms in total. The van der Waals surface area contributed by atoms with Crippen LogP contribution >= 0.6 is 11.6 Å². The third-order valence-corrected chi connectivity index (χ3v) is 3.45. The Morgan fingerprint density at radius 3 is 2.67 bits per heavy atom. The lowest BCUT2D eigenvalue weighted by atomic mass is 10.2. The molecule has 0 fully saturated rings. The van der Waals surface area contributed by atoms with Gasteiger partial charge in [0.25, 0.3) is 0 Å². The van der Waals surface area contributed by atoms with Crippen LogP contribution < -0.4 is 5.32 Å². The zero-order chi connectivity index (χ0) is 15.6. The Bertz CT molecular complexity index is 697. The van der Waals surface area contributed by atoms with Crippen molar-refractivity contribution in [3.05, 3.63) is 46.7 Å². The van der Waals surface area contributed by atoms with E-state index in [-0.39, 0.29) is 11.6 Å². The van der Waals surface area contributed by atoms with Gasteiger partial charge in [-0.25, -0.2) is 4.79 Å². The maximum absolute atomic E-state index is 12.1. The fraction of sp³-hybridized carbons (Fsp3) is 0.214. The quantitative estimate of drug-likeness (QED) is 0.909. The standard InChI is InChI=1S/C14H14ClN3O3/c1-8-3-4-10(7-11(8)15)16-13(19)9(2)18-6-5-12(17-18)14(20)21/h3-7,9H,1-2H3,(H,16,19)(H,20,21). The Balaban J connectivity index is 2.11. The molecule has 0 radical (unpaired) electrons. The minimum Gasteiger partial charge on any atom is -0.476 e. The third kappa shape index (κ3) is 3.41. The average Bonchev–Trinajstić information content (AvgIpc) is 2.92. The number of hydrogen-bond donors (Lipinski definition) is 2. The zero-order valence-electron chi connectivity index (χ0n) is 11.5. The van der Waals surface area contributed by atoms with Gasteiger partial charge in [-0.15, -0.1) is 0 Å². The predicted molar refractivity (Wildman–Crippen MR) is 78.7 cm³/mol.